The van der Waals surface area contributed by atoms with Gasteiger partial charge in [-0.25, -0.2) is 0 Å². The van der Waals surface area contributed by atoms with Crippen LogP contribution < -0.4 is 14.4 Å². The average molecular weight is 409 g/mol. The number of anilines is 1. The van der Waals surface area contributed by atoms with Crippen molar-refractivity contribution in [2.24, 2.45) is 0 Å². The van der Waals surface area contributed by atoms with Gasteiger partial charge in [-0.05, 0) is 49.4 Å². The SMILES string of the molecule is C=CCc1cc(C(=O)N(C)Cc2ccccc2N2CCCCC2)cc(OC)c1OC. The molecule has 1 amide bonds. The van der Waals surface area contributed by atoms with Crippen LogP contribution in [0.3, 0.4) is 0 Å². The van der Waals surface area contributed by atoms with Gasteiger partial charge >= 0.3 is 0 Å². The highest BCUT2D eigenvalue weighted by atomic mass is 16.5. The van der Waals surface area contributed by atoms with E-state index in [1.807, 2.05) is 19.2 Å². The van der Waals surface area contributed by atoms with E-state index in [9.17, 15) is 4.79 Å². The van der Waals surface area contributed by atoms with Gasteiger partial charge in [0.25, 0.3) is 5.91 Å². The zero-order valence-electron chi connectivity index (χ0n) is 18.3. The van der Waals surface area contributed by atoms with Crippen LogP contribution in [0.25, 0.3) is 0 Å². The highest BCUT2D eigenvalue weighted by Crippen LogP contribution is 2.34. The third kappa shape index (κ3) is 4.78. The molecule has 0 aliphatic carbocycles. The number of allylic oxidation sites excluding steroid dienone is 1. The van der Waals surface area contributed by atoms with Crippen molar-refractivity contribution < 1.29 is 14.3 Å². The molecule has 3 rings (SSSR count). The van der Waals surface area contributed by atoms with Crippen molar-refractivity contribution in [2.45, 2.75) is 32.2 Å². The molecule has 5 nitrogen and oxygen atoms in total. The normalized spacial score (nSPS) is 13.6. The molecule has 1 fully saturated rings. The molecule has 0 radical (unpaired) electrons. The molecular formula is C25H32N2O3. The monoisotopic (exact) mass is 408 g/mol. The van der Waals surface area contributed by atoms with Crippen LogP contribution in [-0.4, -0.2) is 45.2 Å². The van der Waals surface area contributed by atoms with Crippen LogP contribution in [0.4, 0.5) is 5.69 Å². The van der Waals surface area contributed by atoms with E-state index in [1.54, 1.807) is 31.3 Å². The first-order valence-electron chi connectivity index (χ1n) is 10.5. The summed E-state index contributed by atoms with van der Waals surface area (Å²) in [5, 5.41) is 0. The number of methoxy groups -OCH3 is 2. The zero-order chi connectivity index (χ0) is 21.5. The Kier molecular flexibility index (Phi) is 7.39. The van der Waals surface area contributed by atoms with E-state index in [2.05, 4.69) is 29.7 Å². The standard InChI is InChI=1S/C25H32N2O3/c1-5-11-19-16-21(17-23(29-3)24(19)30-4)25(28)26(2)18-20-12-7-8-13-22(20)27-14-9-6-10-15-27/h5,7-8,12-13,16-17H,1,6,9-11,14-15,18H2,2-4H3. The summed E-state index contributed by atoms with van der Waals surface area (Å²) in [6, 6.07) is 12.0. The Labute approximate surface area is 179 Å². The second-order valence-corrected chi connectivity index (χ2v) is 7.70. The molecule has 1 aliphatic heterocycles. The van der Waals surface area contributed by atoms with Crippen LogP contribution in [0.15, 0.2) is 49.1 Å². The number of nitrogens with zero attached hydrogens (tertiary/aromatic N) is 2. The number of para-hydroxylation sites is 1. The minimum atomic E-state index is -0.0466. The number of rotatable bonds is 8. The summed E-state index contributed by atoms with van der Waals surface area (Å²) in [6.07, 6.45) is 6.14. The molecular weight excluding hydrogens is 376 g/mol. The number of benzene rings is 2. The molecule has 30 heavy (non-hydrogen) atoms. The van der Waals surface area contributed by atoms with Crippen molar-refractivity contribution in [2.75, 3.05) is 39.3 Å². The molecule has 0 spiro atoms. The van der Waals surface area contributed by atoms with Crippen LogP contribution in [-0.2, 0) is 13.0 Å². The number of carbonyl (C=O) groups is 1. The van der Waals surface area contributed by atoms with Crippen molar-refractivity contribution in [1.82, 2.24) is 4.90 Å². The zero-order valence-corrected chi connectivity index (χ0v) is 18.3. The summed E-state index contributed by atoms with van der Waals surface area (Å²) >= 11 is 0. The number of piperidine rings is 1. The molecule has 0 bridgehead atoms. The fourth-order valence-corrected chi connectivity index (χ4v) is 4.11. The highest BCUT2D eigenvalue weighted by molar-refractivity contribution is 5.95. The Morgan fingerprint density at radius 1 is 1.10 bits per heavy atom. The predicted octanol–water partition coefficient (Wildman–Crippen LogP) is 4.69. The van der Waals surface area contributed by atoms with Crippen LogP contribution in [0.1, 0.15) is 40.7 Å². The Bertz CT molecular complexity index is 888. The van der Waals surface area contributed by atoms with E-state index in [1.165, 1.54) is 30.5 Å². The van der Waals surface area contributed by atoms with Crippen molar-refractivity contribution in [3.63, 3.8) is 0 Å². The maximum atomic E-state index is 13.3. The highest BCUT2D eigenvalue weighted by Gasteiger charge is 2.20. The van der Waals surface area contributed by atoms with Gasteiger partial charge in [0.2, 0.25) is 0 Å². The Morgan fingerprint density at radius 2 is 1.83 bits per heavy atom. The molecule has 5 heteroatoms. The van der Waals surface area contributed by atoms with Gasteiger partial charge in [-0.1, -0.05) is 24.3 Å². The fraction of sp³-hybridized carbons (Fsp3) is 0.400. The number of hydrogen-bond donors (Lipinski definition) is 0. The minimum absolute atomic E-state index is 0.0466. The molecule has 2 aromatic carbocycles. The molecule has 160 valence electrons. The summed E-state index contributed by atoms with van der Waals surface area (Å²) < 4.78 is 11.0. The maximum Gasteiger partial charge on any atom is 0.254 e. The average Bonchev–Trinajstić information content (AvgIpc) is 2.79. The van der Waals surface area contributed by atoms with Gasteiger partial charge in [0, 0.05) is 43.5 Å². The minimum Gasteiger partial charge on any atom is -0.493 e. The summed E-state index contributed by atoms with van der Waals surface area (Å²) in [6.45, 7) is 6.52. The van der Waals surface area contributed by atoms with Crippen LogP contribution in [0.5, 0.6) is 11.5 Å². The van der Waals surface area contributed by atoms with Gasteiger partial charge in [0.1, 0.15) is 0 Å². The van der Waals surface area contributed by atoms with Crippen LogP contribution >= 0.6 is 0 Å². The lowest BCUT2D eigenvalue weighted by Gasteiger charge is -2.31. The molecule has 1 heterocycles. The van der Waals surface area contributed by atoms with Gasteiger partial charge in [-0.3, -0.25) is 4.79 Å². The largest absolute Gasteiger partial charge is 0.493 e. The van der Waals surface area contributed by atoms with E-state index in [4.69, 9.17) is 9.47 Å². The molecule has 0 N–H and O–H groups in total. The van der Waals surface area contributed by atoms with Gasteiger partial charge in [-0.15, -0.1) is 6.58 Å². The van der Waals surface area contributed by atoms with Gasteiger partial charge < -0.3 is 19.3 Å². The van der Waals surface area contributed by atoms with Crippen molar-refractivity contribution >= 4 is 11.6 Å². The topological polar surface area (TPSA) is 42.0 Å². The van der Waals surface area contributed by atoms with Gasteiger partial charge in [-0.2, -0.15) is 0 Å². The Morgan fingerprint density at radius 3 is 2.50 bits per heavy atom. The lowest BCUT2D eigenvalue weighted by atomic mass is 10.0. The van der Waals surface area contributed by atoms with E-state index >= 15 is 0 Å². The van der Waals surface area contributed by atoms with E-state index in [0.717, 1.165) is 18.7 Å². The van der Waals surface area contributed by atoms with Crippen molar-refractivity contribution in [3.8, 4) is 11.5 Å². The Hall–Kier alpha value is -2.95. The molecule has 1 aliphatic rings. The Balaban J connectivity index is 1.85. The van der Waals surface area contributed by atoms with E-state index in [0.29, 0.717) is 30.0 Å². The number of ether oxygens (including phenoxy) is 2. The summed E-state index contributed by atoms with van der Waals surface area (Å²) in [5.41, 5.74) is 3.87. The van der Waals surface area contributed by atoms with E-state index in [-0.39, 0.29) is 5.91 Å². The van der Waals surface area contributed by atoms with Crippen molar-refractivity contribution in [1.29, 1.82) is 0 Å². The summed E-state index contributed by atoms with van der Waals surface area (Å²) in [5.74, 6) is 1.16. The maximum absolute atomic E-state index is 13.3. The molecule has 0 unspecified atom stereocenters. The first kappa shape index (κ1) is 21.8. The first-order valence-corrected chi connectivity index (χ1v) is 10.5. The molecule has 0 atom stereocenters. The quantitative estimate of drug-likeness (QED) is 0.594. The molecule has 1 saturated heterocycles. The fourth-order valence-electron chi connectivity index (χ4n) is 4.11. The second-order valence-electron chi connectivity index (χ2n) is 7.70. The van der Waals surface area contributed by atoms with Crippen LogP contribution in [0, 0.1) is 0 Å². The lowest BCUT2D eigenvalue weighted by Crippen LogP contribution is -2.32. The third-order valence-electron chi connectivity index (χ3n) is 5.61. The first-order chi connectivity index (χ1) is 14.6. The van der Waals surface area contributed by atoms with Crippen molar-refractivity contribution in [3.05, 3.63) is 65.7 Å². The summed E-state index contributed by atoms with van der Waals surface area (Å²) in [7, 11) is 5.04. The molecule has 2 aromatic rings. The molecule has 0 saturated carbocycles. The second kappa shape index (κ2) is 10.2. The van der Waals surface area contributed by atoms with Gasteiger partial charge in [0.05, 0.1) is 14.2 Å². The van der Waals surface area contributed by atoms with E-state index < -0.39 is 0 Å². The van der Waals surface area contributed by atoms with Gasteiger partial charge in [0.15, 0.2) is 11.5 Å². The summed E-state index contributed by atoms with van der Waals surface area (Å²) in [4.78, 5) is 17.5. The number of hydrogen-bond acceptors (Lipinski definition) is 4. The number of amides is 1. The predicted molar refractivity (Wildman–Crippen MR) is 122 cm³/mol. The lowest BCUT2D eigenvalue weighted by molar-refractivity contribution is 0.0784. The van der Waals surface area contributed by atoms with Crippen LogP contribution in [0.2, 0.25) is 0 Å². The smallest absolute Gasteiger partial charge is 0.254 e. The third-order valence-corrected chi connectivity index (χ3v) is 5.61. The number of carbonyl (C=O) groups excluding carboxylic acids is 1. The molecule has 0 aromatic heterocycles.